The van der Waals surface area contributed by atoms with Crippen molar-refractivity contribution in [2.24, 2.45) is 0 Å². The normalized spacial score (nSPS) is 24.1. The second-order valence-electron chi connectivity index (χ2n) is 9.64. The van der Waals surface area contributed by atoms with Crippen molar-refractivity contribution in [3.05, 3.63) is 23.5 Å². The Morgan fingerprint density at radius 1 is 0.793 bits per heavy atom. The van der Waals surface area contributed by atoms with E-state index in [-0.39, 0.29) is 16.5 Å². The Hall–Kier alpha value is -1.41. The second kappa shape index (κ2) is 6.80. The zero-order chi connectivity index (χ0) is 22.0. The first kappa shape index (κ1) is 22.3. The van der Waals surface area contributed by atoms with Gasteiger partial charge in [-0.25, -0.2) is 9.18 Å². The predicted molar refractivity (Wildman–Crippen MR) is 109 cm³/mol. The molecule has 0 unspecified atom stereocenters. The minimum atomic E-state index is -0.981. The lowest BCUT2D eigenvalue weighted by atomic mass is 9.70. The number of ether oxygens (including phenoxy) is 1. The summed E-state index contributed by atoms with van der Waals surface area (Å²) in [4.78, 5) is 12.3. The van der Waals surface area contributed by atoms with E-state index in [0.29, 0.717) is 0 Å². The molecule has 0 N–H and O–H groups in total. The van der Waals surface area contributed by atoms with E-state index in [1.165, 1.54) is 19.2 Å². The van der Waals surface area contributed by atoms with E-state index in [1.54, 1.807) is 0 Å². The van der Waals surface area contributed by atoms with Gasteiger partial charge in [-0.05, 0) is 67.5 Å². The standard InChI is InChI=1S/C20H29B2FO6/c1-17(2)18(3,4)27-21(26-17)13-10-12(16(24)25-9)11-14(15(13)23)22-28-19(5,6)20(7,8)29-22/h10-11H,1-9H3. The molecule has 0 radical (unpaired) electrons. The Kier molecular flexibility index (Phi) is 5.23. The van der Waals surface area contributed by atoms with Crippen LogP contribution in [0.2, 0.25) is 0 Å². The van der Waals surface area contributed by atoms with Gasteiger partial charge in [0.15, 0.2) is 0 Å². The van der Waals surface area contributed by atoms with E-state index in [9.17, 15) is 4.79 Å². The van der Waals surface area contributed by atoms with E-state index >= 15 is 4.39 Å². The van der Waals surface area contributed by atoms with Crippen molar-refractivity contribution < 1.29 is 32.5 Å². The van der Waals surface area contributed by atoms with Gasteiger partial charge < -0.3 is 23.4 Å². The minimum Gasteiger partial charge on any atom is -0.465 e. The summed E-state index contributed by atoms with van der Waals surface area (Å²) in [5.41, 5.74) is -2.24. The van der Waals surface area contributed by atoms with Gasteiger partial charge in [0, 0.05) is 10.9 Å². The maximum Gasteiger partial charge on any atom is 0.497 e. The lowest BCUT2D eigenvalue weighted by Gasteiger charge is -2.32. The van der Waals surface area contributed by atoms with Crippen LogP contribution in [0.1, 0.15) is 65.7 Å². The number of hydrogen-bond acceptors (Lipinski definition) is 6. The first-order valence-electron chi connectivity index (χ1n) is 9.75. The van der Waals surface area contributed by atoms with Crippen molar-refractivity contribution in [1.82, 2.24) is 0 Å². The van der Waals surface area contributed by atoms with Gasteiger partial charge in [0.05, 0.1) is 35.1 Å². The maximum absolute atomic E-state index is 15.7. The lowest BCUT2D eigenvalue weighted by Crippen LogP contribution is -2.46. The summed E-state index contributed by atoms with van der Waals surface area (Å²) in [7, 11) is -0.689. The molecular formula is C20H29B2FO6. The summed E-state index contributed by atoms with van der Waals surface area (Å²) in [6.45, 7) is 15.0. The van der Waals surface area contributed by atoms with Crippen LogP contribution in [0.3, 0.4) is 0 Å². The third-order valence-electron chi connectivity index (χ3n) is 6.56. The van der Waals surface area contributed by atoms with Crippen molar-refractivity contribution >= 4 is 31.1 Å². The minimum absolute atomic E-state index is 0.108. The zero-order valence-electron chi connectivity index (χ0n) is 18.6. The first-order chi connectivity index (χ1) is 13.1. The monoisotopic (exact) mass is 406 g/mol. The van der Waals surface area contributed by atoms with Crippen LogP contribution in [0.25, 0.3) is 0 Å². The topological polar surface area (TPSA) is 63.2 Å². The van der Waals surface area contributed by atoms with Gasteiger partial charge >= 0.3 is 20.2 Å². The van der Waals surface area contributed by atoms with Gasteiger partial charge in [-0.1, -0.05) is 0 Å². The Labute approximate surface area is 172 Å². The molecule has 0 spiro atoms. The number of carbonyl (C=O) groups is 1. The van der Waals surface area contributed by atoms with E-state index in [1.807, 2.05) is 55.4 Å². The van der Waals surface area contributed by atoms with Crippen LogP contribution in [0.15, 0.2) is 12.1 Å². The Bertz CT molecular complexity index is 747. The molecule has 158 valence electrons. The van der Waals surface area contributed by atoms with Gasteiger partial charge in [0.25, 0.3) is 0 Å². The highest BCUT2D eigenvalue weighted by molar-refractivity contribution is 6.66. The average Bonchev–Trinajstić information content (AvgIpc) is 2.93. The summed E-state index contributed by atoms with van der Waals surface area (Å²) in [5, 5.41) is 0. The molecule has 1 aromatic rings. The van der Waals surface area contributed by atoms with Crippen LogP contribution in [-0.2, 0) is 23.4 Å². The van der Waals surface area contributed by atoms with Crippen LogP contribution in [0.4, 0.5) is 4.39 Å². The molecule has 2 fully saturated rings. The highest BCUT2D eigenvalue weighted by atomic mass is 19.1. The summed E-state index contributed by atoms with van der Waals surface area (Å²) >= 11 is 0. The zero-order valence-corrected chi connectivity index (χ0v) is 18.6. The molecule has 0 aliphatic carbocycles. The SMILES string of the molecule is COC(=O)c1cc(B2OC(C)(C)C(C)(C)O2)c(F)c(B2OC(C)(C)C(C)(C)O2)c1. The number of carbonyl (C=O) groups excluding carboxylic acids is 1. The van der Waals surface area contributed by atoms with Gasteiger partial charge in [0.2, 0.25) is 0 Å². The summed E-state index contributed by atoms with van der Waals surface area (Å²) in [5.74, 6) is -1.19. The number of halogens is 1. The molecule has 2 aliphatic rings. The highest BCUT2D eigenvalue weighted by Gasteiger charge is 2.55. The molecular weight excluding hydrogens is 377 g/mol. The van der Waals surface area contributed by atoms with E-state index in [2.05, 4.69) is 0 Å². The molecule has 0 aromatic heterocycles. The fourth-order valence-corrected chi connectivity index (χ4v) is 3.19. The smallest absolute Gasteiger partial charge is 0.465 e. The molecule has 2 saturated heterocycles. The second-order valence-corrected chi connectivity index (χ2v) is 9.64. The Balaban J connectivity index is 2.09. The maximum atomic E-state index is 15.7. The number of methoxy groups -OCH3 is 1. The fourth-order valence-electron chi connectivity index (χ4n) is 3.19. The van der Waals surface area contributed by atoms with Crippen molar-refractivity contribution in [3.63, 3.8) is 0 Å². The summed E-state index contributed by atoms with van der Waals surface area (Å²) in [6, 6.07) is 2.80. The molecule has 6 nitrogen and oxygen atoms in total. The van der Waals surface area contributed by atoms with Crippen LogP contribution in [-0.4, -0.2) is 49.7 Å². The lowest BCUT2D eigenvalue weighted by molar-refractivity contribution is 0.00578. The molecule has 2 aliphatic heterocycles. The number of benzene rings is 1. The molecule has 0 amide bonds. The van der Waals surface area contributed by atoms with Crippen LogP contribution in [0, 0.1) is 5.82 Å². The average molecular weight is 406 g/mol. The van der Waals surface area contributed by atoms with Crippen LogP contribution < -0.4 is 10.9 Å². The van der Waals surface area contributed by atoms with Gasteiger partial charge in [0.1, 0.15) is 5.82 Å². The molecule has 9 heteroatoms. The third kappa shape index (κ3) is 3.63. The molecule has 1 aromatic carbocycles. The quantitative estimate of drug-likeness (QED) is 0.567. The molecule has 3 rings (SSSR count). The third-order valence-corrected chi connectivity index (χ3v) is 6.56. The predicted octanol–water partition coefficient (Wildman–Crippen LogP) is 2.21. The highest BCUT2D eigenvalue weighted by Crippen LogP contribution is 2.38. The molecule has 0 bridgehead atoms. The number of esters is 1. The van der Waals surface area contributed by atoms with E-state index in [4.69, 9.17) is 23.4 Å². The van der Waals surface area contributed by atoms with E-state index < -0.39 is 48.4 Å². The molecule has 29 heavy (non-hydrogen) atoms. The van der Waals surface area contributed by atoms with Crippen molar-refractivity contribution in [2.75, 3.05) is 7.11 Å². The molecule has 2 heterocycles. The van der Waals surface area contributed by atoms with Gasteiger partial charge in [-0.3, -0.25) is 0 Å². The first-order valence-corrected chi connectivity index (χ1v) is 9.75. The fraction of sp³-hybridized carbons (Fsp3) is 0.650. The Morgan fingerprint density at radius 3 is 1.38 bits per heavy atom. The Morgan fingerprint density at radius 2 is 1.10 bits per heavy atom. The van der Waals surface area contributed by atoms with Crippen molar-refractivity contribution in [2.45, 2.75) is 77.8 Å². The van der Waals surface area contributed by atoms with Crippen molar-refractivity contribution in [3.8, 4) is 0 Å². The number of hydrogen-bond donors (Lipinski definition) is 0. The van der Waals surface area contributed by atoms with Gasteiger partial charge in [-0.2, -0.15) is 0 Å². The van der Waals surface area contributed by atoms with Crippen LogP contribution in [0.5, 0.6) is 0 Å². The van der Waals surface area contributed by atoms with Crippen molar-refractivity contribution in [1.29, 1.82) is 0 Å². The van der Waals surface area contributed by atoms with Gasteiger partial charge in [-0.15, -0.1) is 0 Å². The largest absolute Gasteiger partial charge is 0.497 e. The summed E-state index contributed by atoms with van der Waals surface area (Å²) in [6.07, 6.45) is 0. The summed E-state index contributed by atoms with van der Waals surface area (Å²) < 4.78 is 44.5. The molecule has 0 saturated carbocycles. The van der Waals surface area contributed by atoms with E-state index in [0.717, 1.165) is 0 Å². The molecule has 0 atom stereocenters. The van der Waals surface area contributed by atoms with Crippen LogP contribution >= 0.6 is 0 Å². The number of rotatable bonds is 3.